The van der Waals surface area contributed by atoms with Crippen LogP contribution in [0.15, 0.2) is 72.9 Å². The zero-order chi connectivity index (χ0) is 39.9. The van der Waals surface area contributed by atoms with Crippen molar-refractivity contribution in [2.24, 2.45) is 11.8 Å². The number of carbonyl (C=O) groups excluding carboxylic acids is 5. The molecule has 2 atom stereocenters. The quantitative estimate of drug-likeness (QED) is 0.105. The van der Waals surface area contributed by atoms with Gasteiger partial charge in [0.05, 0.1) is 43.1 Å². The molecule has 1 saturated heterocycles. The van der Waals surface area contributed by atoms with E-state index in [0.29, 0.717) is 43.8 Å². The third kappa shape index (κ3) is 9.13. The molecule has 13 nitrogen and oxygen atoms in total. The normalized spacial score (nSPS) is 20.0. The van der Waals surface area contributed by atoms with Crippen LogP contribution in [0.3, 0.4) is 0 Å². The number of hydrogen-bond acceptors (Lipinski definition) is 10. The Bertz CT molecular complexity index is 2140. The molecular weight excluding hydrogens is 735 g/mol. The first-order valence-electron chi connectivity index (χ1n) is 19.4. The molecule has 1 aliphatic carbocycles. The van der Waals surface area contributed by atoms with E-state index in [1.165, 1.54) is 12.1 Å². The van der Waals surface area contributed by atoms with Gasteiger partial charge in [-0.2, -0.15) is 0 Å². The van der Waals surface area contributed by atoms with Gasteiger partial charge in [-0.1, -0.05) is 13.0 Å². The van der Waals surface area contributed by atoms with Gasteiger partial charge in [-0.3, -0.25) is 39.2 Å². The van der Waals surface area contributed by atoms with Crippen LogP contribution in [0.5, 0.6) is 11.5 Å². The molecule has 2 N–H and O–H groups in total. The molecule has 1 unspecified atom stereocenters. The van der Waals surface area contributed by atoms with E-state index in [1.54, 1.807) is 42.6 Å². The number of anilines is 1. The van der Waals surface area contributed by atoms with E-state index in [2.05, 4.69) is 15.6 Å². The topological polar surface area (TPSA) is 162 Å². The Morgan fingerprint density at radius 3 is 2.32 bits per heavy atom. The van der Waals surface area contributed by atoms with Crippen LogP contribution in [0, 0.1) is 17.7 Å². The van der Waals surface area contributed by atoms with Crippen molar-refractivity contribution in [2.75, 3.05) is 45.0 Å². The van der Waals surface area contributed by atoms with Gasteiger partial charge in [-0.15, -0.1) is 0 Å². The summed E-state index contributed by atoms with van der Waals surface area (Å²) < 4.78 is 36.7. The summed E-state index contributed by atoms with van der Waals surface area (Å²) in [4.78, 5) is 68.5. The first-order chi connectivity index (χ1) is 27.7. The second kappa shape index (κ2) is 18.0. The maximum atomic E-state index is 14.0. The van der Waals surface area contributed by atoms with Crippen LogP contribution in [-0.2, 0) is 23.9 Å². The molecule has 2 aliphatic heterocycles. The number of piperidine rings is 1. The molecule has 5 amide bonds. The molecule has 14 heteroatoms. The fourth-order valence-corrected chi connectivity index (χ4v) is 7.89. The molecule has 2 fully saturated rings. The first-order valence-corrected chi connectivity index (χ1v) is 19.4. The van der Waals surface area contributed by atoms with Gasteiger partial charge in [0, 0.05) is 29.6 Å². The van der Waals surface area contributed by atoms with Crippen molar-refractivity contribution in [1.82, 2.24) is 15.2 Å². The number of benzene rings is 3. The van der Waals surface area contributed by atoms with E-state index in [1.807, 2.05) is 25.1 Å². The van der Waals surface area contributed by atoms with Gasteiger partial charge in [0.2, 0.25) is 17.7 Å². The summed E-state index contributed by atoms with van der Waals surface area (Å²) in [5.41, 5.74) is 2.87. The number of fused-ring (bicyclic) bond motifs is 2. The number of nitrogens with one attached hydrogen (secondary N) is 2. The lowest BCUT2D eigenvalue weighted by atomic mass is 9.73. The Hall–Kier alpha value is -5.73. The number of amides is 5. The standard InChI is InChI=1S/C43H45FN4O9/c1-26(27-5-7-28(8-6-27)32-17-18-45-35-14-9-29(44)25-34(32)35)40(50)46-30-10-12-31(13-11-30)56-23-21-54-19-20-55-22-24-57-37-4-2-3-33-39(37)43(53)48(42(33)52)36-15-16-38(49)47-41(36)51/h2-4,9-14,17-18,25-28,36H,5-8,15-16,19-24H2,1H3,(H,46,50)(H,47,49,51)/t26-,27-,28+,36?/m1/s1. The molecule has 57 heavy (non-hydrogen) atoms. The fraction of sp³-hybridized carbons (Fsp3) is 0.395. The molecule has 0 bridgehead atoms. The van der Waals surface area contributed by atoms with Crippen LogP contribution in [-0.4, -0.2) is 85.1 Å². The van der Waals surface area contributed by atoms with E-state index in [4.69, 9.17) is 18.9 Å². The zero-order valence-corrected chi connectivity index (χ0v) is 31.7. The summed E-state index contributed by atoms with van der Waals surface area (Å²) >= 11 is 0. The number of pyridine rings is 1. The van der Waals surface area contributed by atoms with Gasteiger partial charge < -0.3 is 24.3 Å². The summed E-state index contributed by atoms with van der Waals surface area (Å²) in [6.07, 6.45) is 5.64. The number of halogens is 1. The highest BCUT2D eigenvalue weighted by atomic mass is 19.1. The average Bonchev–Trinajstić information content (AvgIpc) is 3.47. The Labute approximate surface area is 329 Å². The van der Waals surface area contributed by atoms with E-state index >= 15 is 0 Å². The van der Waals surface area contributed by atoms with Crippen molar-refractivity contribution in [3.63, 3.8) is 0 Å². The molecule has 0 spiro atoms. The Morgan fingerprint density at radius 2 is 1.58 bits per heavy atom. The zero-order valence-electron chi connectivity index (χ0n) is 31.7. The Balaban J connectivity index is 0.756. The van der Waals surface area contributed by atoms with Crippen LogP contribution in [0.25, 0.3) is 10.9 Å². The molecule has 1 saturated carbocycles. The minimum Gasteiger partial charge on any atom is -0.491 e. The predicted octanol–water partition coefficient (Wildman–Crippen LogP) is 5.81. The van der Waals surface area contributed by atoms with E-state index < -0.39 is 29.7 Å². The lowest BCUT2D eigenvalue weighted by Gasteiger charge is -2.32. The molecule has 0 radical (unpaired) electrons. The van der Waals surface area contributed by atoms with Crippen LogP contribution in [0.2, 0.25) is 0 Å². The van der Waals surface area contributed by atoms with E-state index in [-0.39, 0.29) is 66.5 Å². The van der Waals surface area contributed by atoms with Gasteiger partial charge in [-0.05, 0) is 110 Å². The third-order valence-corrected chi connectivity index (χ3v) is 11.0. The van der Waals surface area contributed by atoms with Gasteiger partial charge in [-0.25, -0.2) is 4.39 Å². The molecular formula is C43H45FN4O9. The molecule has 4 aromatic rings. The number of hydrogen-bond donors (Lipinski definition) is 2. The maximum absolute atomic E-state index is 14.0. The molecule has 3 heterocycles. The smallest absolute Gasteiger partial charge is 0.266 e. The number of imide groups is 2. The van der Waals surface area contributed by atoms with E-state index in [0.717, 1.165) is 47.0 Å². The number of ether oxygens (including phenoxy) is 4. The second-order valence-electron chi connectivity index (χ2n) is 14.5. The highest BCUT2D eigenvalue weighted by molar-refractivity contribution is 6.24. The van der Waals surface area contributed by atoms with Gasteiger partial charge >= 0.3 is 0 Å². The summed E-state index contributed by atoms with van der Waals surface area (Å²) in [5.74, 6) is -1.31. The highest BCUT2D eigenvalue weighted by Gasteiger charge is 2.46. The van der Waals surface area contributed by atoms with Gasteiger partial charge in [0.15, 0.2) is 0 Å². The summed E-state index contributed by atoms with van der Waals surface area (Å²) in [7, 11) is 0. The summed E-state index contributed by atoms with van der Waals surface area (Å²) in [5, 5.41) is 6.10. The fourth-order valence-electron chi connectivity index (χ4n) is 7.89. The SMILES string of the molecule is C[C@@H](C(=O)Nc1ccc(OCCOCCOCCOc2cccc3c2C(=O)N(C2CCC(=O)NC2=O)C3=O)cc1)[C@H]1CC[C@@H](c2ccnc3ccc(F)cc32)CC1. The summed E-state index contributed by atoms with van der Waals surface area (Å²) in [6, 6.07) is 17.6. The van der Waals surface area contributed by atoms with Crippen molar-refractivity contribution >= 4 is 46.1 Å². The minimum atomic E-state index is -1.05. The Kier molecular flexibility index (Phi) is 12.5. The number of nitrogens with zero attached hydrogens (tertiary/aromatic N) is 2. The summed E-state index contributed by atoms with van der Waals surface area (Å²) in [6.45, 7) is 3.59. The first kappa shape index (κ1) is 39.5. The van der Waals surface area contributed by atoms with Crippen molar-refractivity contribution < 1.29 is 47.3 Å². The third-order valence-electron chi connectivity index (χ3n) is 11.0. The molecule has 298 valence electrons. The van der Waals surface area contributed by atoms with Crippen LogP contribution in [0.1, 0.15) is 77.6 Å². The number of rotatable bonds is 16. The highest BCUT2D eigenvalue weighted by Crippen LogP contribution is 2.41. The lowest BCUT2D eigenvalue weighted by Crippen LogP contribution is -2.54. The Morgan fingerprint density at radius 1 is 0.860 bits per heavy atom. The molecule has 7 rings (SSSR count). The number of carbonyl (C=O) groups is 5. The van der Waals surface area contributed by atoms with Crippen LogP contribution >= 0.6 is 0 Å². The lowest BCUT2D eigenvalue weighted by molar-refractivity contribution is -0.136. The maximum Gasteiger partial charge on any atom is 0.266 e. The van der Waals surface area contributed by atoms with Crippen LogP contribution in [0.4, 0.5) is 10.1 Å². The monoisotopic (exact) mass is 780 g/mol. The van der Waals surface area contributed by atoms with Gasteiger partial charge in [0.25, 0.3) is 11.8 Å². The predicted molar refractivity (Wildman–Crippen MR) is 206 cm³/mol. The van der Waals surface area contributed by atoms with Crippen molar-refractivity contribution in [1.29, 1.82) is 0 Å². The van der Waals surface area contributed by atoms with Crippen molar-refractivity contribution in [2.45, 2.75) is 57.4 Å². The van der Waals surface area contributed by atoms with E-state index in [9.17, 15) is 28.4 Å². The molecule has 3 aliphatic rings. The second-order valence-corrected chi connectivity index (χ2v) is 14.5. The van der Waals surface area contributed by atoms with Crippen molar-refractivity contribution in [3.8, 4) is 11.5 Å². The molecule has 3 aromatic carbocycles. The van der Waals surface area contributed by atoms with Crippen LogP contribution < -0.4 is 20.1 Å². The minimum absolute atomic E-state index is 0.0146. The van der Waals surface area contributed by atoms with Gasteiger partial charge in [0.1, 0.15) is 36.6 Å². The largest absolute Gasteiger partial charge is 0.491 e. The molecule has 1 aromatic heterocycles. The van der Waals surface area contributed by atoms with Crippen molar-refractivity contribution in [3.05, 3.63) is 95.4 Å². The number of aromatic nitrogens is 1. The average molecular weight is 781 g/mol.